The normalized spacial score (nSPS) is 13.1. The van der Waals surface area contributed by atoms with Gasteiger partial charge >= 0.3 is 5.97 Å². The minimum absolute atomic E-state index is 0.107. The molecule has 0 atom stereocenters. The van der Waals surface area contributed by atoms with Crippen LogP contribution in [0, 0.1) is 0 Å². The van der Waals surface area contributed by atoms with E-state index in [0.29, 0.717) is 16.7 Å². The second kappa shape index (κ2) is 8.38. The molecule has 8 heteroatoms. The zero-order valence-corrected chi connectivity index (χ0v) is 18.0. The zero-order chi connectivity index (χ0) is 22.9. The van der Waals surface area contributed by atoms with Crippen LogP contribution in [-0.4, -0.2) is 33.1 Å². The van der Waals surface area contributed by atoms with Crippen molar-refractivity contribution < 1.29 is 14.3 Å². The number of nitrogens with one attached hydrogen (secondary N) is 1. The largest absolute Gasteiger partial charge is 0.465 e. The van der Waals surface area contributed by atoms with Crippen molar-refractivity contribution in [1.29, 1.82) is 0 Å². The quantitative estimate of drug-likeness (QED) is 0.460. The lowest BCUT2D eigenvalue weighted by atomic mass is 10.1. The molecule has 1 fully saturated rings. The molecule has 4 aromatic rings. The van der Waals surface area contributed by atoms with E-state index in [0.717, 1.165) is 24.0 Å². The van der Waals surface area contributed by atoms with Gasteiger partial charge in [-0.15, -0.1) is 0 Å². The minimum Gasteiger partial charge on any atom is -0.465 e. The second-order valence-corrected chi connectivity index (χ2v) is 8.01. The topological polar surface area (TPSA) is 95.2 Å². The monoisotopic (exact) mass is 442 g/mol. The minimum atomic E-state index is -0.541. The van der Waals surface area contributed by atoms with E-state index in [4.69, 9.17) is 4.74 Å². The van der Waals surface area contributed by atoms with Gasteiger partial charge in [0.2, 0.25) is 5.91 Å². The SMILES string of the molecule is COC(=O)c1ccccc1NC(=O)Cn1cc(-c2ccccc2)c2ncn(C3CC3)c(=O)c21. The van der Waals surface area contributed by atoms with Crippen LogP contribution in [0.25, 0.3) is 22.2 Å². The van der Waals surface area contributed by atoms with E-state index in [1.54, 1.807) is 45.9 Å². The molecule has 0 spiro atoms. The number of benzene rings is 2. The van der Waals surface area contributed by atoms with Crippen LogP contribution in [0.5, 0.6) is 0 Å². The molecule has 2 aromatic heterocycles. The number of carbonyl (C=O) groups excluding carboxylic acids is 2. The van der Waals surface area contributed by atoms with Crippen LogP contribution >= 0.6 is 0 Å². The van der Waals surface area contributed by atoms with Crippen molar-refractivity contribution in [3.63, 3.8) is 0 Å². The molecule has 1 amide bonds. The molecule has 0 saturated heterocycles. The van der Waals surface area contributed by atoms with Gasteiger partial charge in [-0.25, -0.2) is 9.78 Å². The average molecular weight is 442 g/mol. The van der Waals surface area contributed by atoms with Crippen molar-refractivity contribution in [2.24, 2.45) is 0 Å². The summed E-state index contributed by atoms with van der Waals surface area (Å²) in [6, 6.07) is 16.4. The summed E-state index contributed by atoms with van der Waals surface area (Å²) < 4.78 is 8.09. The van der Waals surface area contributed by atoms with E-state index in [1.165, 1.54) is 7.11 Å². The van der Waals surface area contributed by atoms with Gasteiger partial charge in [-0.3, -0.25) is 14.2 Å². The lowest BCUT2D eigenvalue weighted by molar-refractivity contribution is -0.116. The third-order valence-electron chi connectivity index (χ3n) is 5.75. The average Bonchev–Trinajstić information content (AvgIpc) is 3.61. The van der Waals surface area contributed by atoms with Gasteiger partial charge < -0.3 is 14.6 Å². The number of rotatable bonds is 6. The smallest absolute Gasteiger partial charge is 0.339 e. The van der Waals surface area contributed by atoms with Crippen molar-refractivity contribution in [3.8, 4) is 11.1 Å². The predicted octanol–water partition coefficient (Wildman–Crippen LogP) is 3.63. The van der Waals surface area contributed by atoms with Gasteiger partial charge in [0.15, 0.2) is 0 Å². The Balaban J connectivity index is 1.54. The number of hydrogen-bond acceptors (Lipinski definition) is 5. The third-order valence-corrected chi connectivity index (χ3v) is 5.75. The first-order valence-corrected chi connectivity index (χ1v) is 10.7. The van der Waals surface area contributed by atoms with Crippen molar-refractivity contribution >= 4 is 28.6 Å². The van der Waals surface area contributed by atoms with E-state index < -0.39 is 5.97 Å². The van der Waals surface area contributed by atoms with Crippen molar-refractivity contribution in [2.75, 3.05) is 12.4 Å². The lowest BCUT2D eigenvalue weighted by Gasteiger charge is -2.11. The molecule has 8 nitrogen and oxygen atoms in total. The maximum atomic E-state index is 13.3. The Morgan fingerprint density at radius 2 is 1.82 bits per heavy atom. The van der Waals surface area contributed by atoms with Crippen LogP contribution in [0.3, 0.4) is 0 Å². The Morgan fingerprint density at radius 1 is 1.09 bits per heavy atom. The Hall–Kier alpha value is -4.20. The highest BCUT2D eigenvalue weighted by molar-refractivity contribution is 6.01. The number of esters is 1. The molecule has 0 unspecified atom stereocenters. The number of para-hydroxylation sites is 1. The van der Waals surface area contributed by atoms with E-state index >= 15 is 0 Å². The Labute approximate surface area is 189 Å². The summed E-state index contributed by atoms with van der Waals surface area (Å²) in [5.74, 6) is -0.913. The predicted molar refractivity (Wildman–Crippen MR) is 124 cm³/mol. The summed E-state index contributed by atoms with van der Waals surface area (Å²) in [7, 11) is 1.29. The van der Waals surface area contributed by atoms with Crippen molar-refractivity contribution in [2.45, 2.75) is 25.4 Å². The molecule has 5 rings (SSSR count). The van der Waals surface area contributed by atoms with Gasteiger partial charge in [0.1, 0.15) is 17.6 Å². The highest BCUT2D eigenvalue weighted by Crippen LogP contribution is 2.34. The molecule has 1 aliphatic rings. The molecule has 2 heterocycles. The van der Waals surface area contributed by atoms with Gasteiger partial charge in [-0.1, -0.05) is 42.5 Å². The third kappa shape index (κ3) is 3.91. The molecule has 33 heavy (non-hydrogen) atoms. The molecular formula is C25H22N4O4. The second-order valence-electron chi connectivity index (χ2n) is 8.01. The highest BCUT2D eigenvalue weighted by Gasteiger charge is 2.27. The van der Waals surface area contributed by atoms with Gasteiger partial charge in [-0.05, 0) is 30.5 Å². The standard InChI is InChI=1S/C25H22N4O4/c1-33-25(32)18-9-5-6-10-20(18)27-21(30)14-28-13-19(16-7-3-2-4-8-16)22-23(28)24(31)29(15-26-22)17-11-12-17/h2-10,13,15,17H,11-12,14H2,1H3,(H,27,30). The first kappa shape index (κ1) is 20.7. The van der Waals surface area contributed by atoms with Crippen LogP contribution in [0.15, 0.2) is 71.9 Å². The lowest BCUT2D eigenvalue weighted by Crippen LogP contribution is -2.25. The van der Waals surface area contributed by atoms with Crippen LogP contribution in [-0.2, 0) is 16.1 Å². The summed E-state index contributed by atoms with van der Waals surface area (Å²) in [5, 5.41) is 2.77. The fraction of sp³-hybridized carbons (Fsp3) is 0.200. The number of aromatic nitrogens is 3. The van der Waals surface area contributed by atoms with Crippen molar-refractivity contribution in [3.05, 3.63) is 83.0 Å². The van der Waals surface area contributed by atoms with E-state index in [1.807, 2.05) is 30.3 Å². The first-order chi connectivity index (χ1) is 16.1. The number of nitrogens with zero attached hydrogens (tertiary/aromatic N) is 3. The fourth-order valence-corrected chi connectivity index (χ4v) is 3.99. The summed E-state index contributed by atoms with van der Waals surface area (Å²) in [6.45, 7) is -0.107. The highest BCUT2D eigenvalue weighted by atomic mass is 16.5. The Kier molecular flexibility index (Phi) is 5.26. The maximum absolute atomic E-state index is 13.3. The molecule has 0 radical (unpaired) electrons. The van der Waals surface area contributed by atoms with Gasteiger partial charge in [0.25, 0.3) is 5.56 Å². The molecule has 1 N–H and O–H groups in total. The van der Waals surface area contributed by atoms with Crippen LogP contribution in [0.1, 0.15) is 29.2 Å². The summed E-state index contributed by atoms with van der Waals surface area (Å²) in [6.07, 6.45) is 5.29. The van der Waals surface area contributed by atoms with E-state index in [-0.39, 0.29) is 29.6 Å². The number of hydrogen-bond donors (Lipinski definition) is 1. The number of ether oxygens (including phenoxy) is 1. The number of carbonyl (C=O) groups is 2. The summed E-state index contributed by atoms with van der Waals surface area (Å²) in [5.41, 5.74) is 3.09. The van der Waals surface area contributed by atoms with Gasteiger partial charge in [0, 0.05) is 17.8 Å². The maximum Gasteiger partial charge on any atom is 0.339 e. The van der Waals surface area contributed by atoms with Crippen LogP contribution < -0.4 is 10.9 Å². The van der Waals surface area contributed by atoms with E-state index in [9.17, 15) is 14.4 Å². The molecule has 1 aliphatic carbocycles. The number of fused-ring (bicyclic) bond motifs is 1. The Morgan fingerprint density at radius 3 is 2.55 bits per heavy atom. The summed E-state index contributed by atoms with van der Waals surface area (Å²) in [4.78, 5) is 42.9. The van der Waals surface area contributed by atoms with Crippen molar-refractivity contribution in [1.82, 2.24) is 14.1 Å². The van der Waals surface area contributed by atoms with Gasteiger partial charge in [-0.2, -0.15) is 0 Å². The first-order valence-electron chi connectivity index (χ1n) is 10.7. The molecule has 0 aliphatic heterocycles. The van der Waals surface area contributed by atoms with Crippen LogP contribution in [0.2, 0.25) is 0 Å². The number of amides is 1. The molecule has 166 valence electrons. The number of anilines is 1. The van der Waals surface area contributed by atoms with Gasteiger partial charge in [0.05, 0.1) is 24.7 Å². The van der Waals surface area contributed by atoms with Crippen LogP contribution in [0.4, 0.5) is 5.69 Å². The Bertz CT molecular complexity index is 1420. The number of methoxy groups -OCH3 is 1. The molecular weight excluding hydrogens is 420 g/mol. The summed E-state index contributed by atoms with van der Waals surface area (Å²) >= 11 is 0. The molecule has 0 bridgehead atoms. The molecule has 1 saturated carbocycles. The van der Waals surface area contributed by atoms with E-state index in [2.05, 4.69) is 10.3 Å². The zero-order valence-electron chi connectivity index (χ0n) is 18.0. The molecule has 2 aromatic carbocycles. The fourth-order valence-electron chi connectivity index (χ4n) is 3.99.